The molecule has 0 fully saturated rings. The number of anilines is 2. The van der Waals surface area contributed by atoms with Gasteiger partial charge >= 0.3 is 0 Å². The molecule has 0 aliphatic rings. The maximum atomic E-state index is 12.6. The topological polar surface area (TPSA) is 110 Å². The molecule has 4 N–H and O–H groups in total. The predicted molar refractivity (Wildman–Crippen MR) is 98.3 cm³/mol. The van der Waals surface area contributed by atoms with Gasteiger partial charge in [0.1, 0.15) is 5.69 Å². The first kappa shape index (κ1) is 19.8. The fourth-order valence-corrected chi connectivity index (χ4v) is 2.05. The fraction of sp³-hybridized carbons (Fsp3) is 0.167. The number of amidine groups is 1. The molecule has 0 saturated heterocycles. The van der Waals surface area contributed by atoms with Gasteiger partial charge in [0, 0.05) is 11.1 Å². The van der Waals surface area contributed by atoms with E-state index in [0.29, 0.717) is 22.7 Å². The molecular weight excluding hydrogens is 356 g/mol. The monoisotopic (exact) mass is 375 g/mol. The highest BCUT2D eigenvalue weighted by atomic mass is 19.3. The molecule has 9 heteroatoms. The minimum atomic E-state index is -2.51. The number of pyridine rings is 1. The first-order valence-corrected chi connectivity index (χ1v) is 8.12. The molecule has 27 heavy (non-hydrogen) atoms. The van der Waals surface area contributed by atoms with Crippen LogP contribution in [0.15, 0.2) is 58.4 Å². The summed E-state index contributed by atoms with van der Waals surface area (Å²) in [5.74, 6) is 0.335. The Kier molecular flexibility index (Phi) is 6.81. The third-order valence-electron chi connectivity index (χ3n) is 3.34. The van der Waals surface area contributed by atoms with E-state index in [1.807, 2.05) is 13.8 Å². The maximum absolute atomic E-state index is 12.6. The van der Waals surface area contributed by atoms with Gasteiger partial charge in [-0.2, -0.15) is 0 Å². The first-order chi connectivity index (χ1) is 13.1. The van der Waals surface area contributed by atoms with Crippen LogP contribution in [0, 0.1) is 0 Å². The molecule has 7 nitrogen and oxygen atoms in total. The molecule has 0 radical (unpaired) electrons. The number of benzene rings is 1. The Balaban J connectivity index is 0.00000126. The fourth-order valence-electron chi connectivity index (χ4n) is 2.05. The van der Waals surface area contributed by atoms with Crippen LogP contribution in [0.4, 0.5) is 20.5 Å². The molecular formula is C18H19F2N5O2. The number of alkyl halides is 2. The summed E-state index contributed by atoms with van der Waals surface area (Å²) in [6.45, 7) is 4.00. The van der Waals surface area contributed by atoms with Crippen molar-refractivity contribution in [3.8, 4) is 11.3 Å². The normalized spacial score (nSPS) is 11.1. The van der Waals surface area contributed by atoms with Crippen molar-refractivity contribution in [1.82, 2.24) is 9.97 Å². The molecule has 0 aliphatic heterocycles. The van der Waals surface area contributed by atoms with Gasteiger partial charge in [-0.3, -0.25) is 4.98 Å². The van der Waals surface area contributed by atoms with Gasteiger partial charge < -0.3 is 20.7 Å². The summed E-state index contributed by atoms with van der Waals surface area (Å²) in [5, 5.41) is 14.4. The summed E-state index contributed by atoms with van der Waals surface area (Å²) in [6.07, 6.45) is 0.438. The molecule has 0 bridgehead atoms. The molecule has 142 valence electrons. The lowest BCUT2D eigenvalue weighted by atomic mass is 10.1. The molecule has 3 aromatic rings. The van der Waals surface area contributed by atoms with E-state index < -0.39 is 6.43 Å². The highest BCUT2D eigenvalue weighted by molar-refractivity contribution is 5.95. The summed E-state index contributed by atoms with van der Waals surface area (Å²) >= 11 is 0. The average Bonchev–Trinajstić information content (AvgIpc) is 3.18. The zero-order chi connectivity index (χ0) is 19.8. The number of hydrogen-bond acceptors (Lipinski definition) is 6. The van der Waals surface area contributed by atoms with Gasteiger partial charge in [-0.1, -0.05) is 43.3 Å². The SMILES string of the molecule is CC.N/C(=N\O)c1ccc(Nc2ncc(-c3ccc(C(F)F)cc3)o2)cn1. The lowest BCUT2D eigenvalue weighted by molar-refractivity contribution is 0.151. The van der Waals surface area contributed by atoms with Crippen LogP contribution < -0.4 is 11.1 Å². The van der Waals surface area contributed by atoms with Crippen molar-refractivity contribution in [3.05, 3.63) is 60.0 Å². The highest BCUT2D eigenvalue weighted by Crippen LogP contribution is 2.27. The third-order valence-corrected chi connectivity index (χ3v) is 3.34. The molecule has 1 aromatic carbocycles. The van der Waals surface area contributed by atoms with Crippen LogP contribution in [0.5, 0.6) is 0 Å². The molecule has 0 saturated carbocycles. The largest absolute Gasteiger partial charge is 0.423 e. The third kappa shape index (κ3) is 5.00. The van der Waals surface area contributed by atoms with Crippen molar-refractivity contribution in [2.75, 3.05) is 5.32 Å². The Hall–Kier alpha value is -3.49. The number of halogens is 2. The number of rotatable bonds is 5. The van der Waals surface area contributed by atoms with E-state index in [-0.39, 0.29) is 17.4 Å². The molecule has 3 rings (SSSR count). The second-order valence-electron chi connectivity index (χ2n) is 4.99. The molecule has 2 heterocycles. The van der Waals surface area contributed by atoms with E-state index in [0.717, 1.165) is 0 Å². The minimum absolute atomic E-state index is 0.0570. The Bertz CT molecular complexity index is 878. The highest BCUT2D eigenvalue weighted by Gasteiger charge is 2.10. The Morgan fingerprint density at radius 3 is 2.37 bits per heavy atom. The molecule has 0 unspecified atom stereocenters. The average molecular weight is 375 g/mol. The van der Waals surface area contributed by atoms with Crippen LogP contribution in [0.1, 0.15) is 31.5 Å². The smallest absolute Gasteiger partial charge is 0.299 e. The first-order valence-electron chi connectivity index (χ1n) is 8.12. The van der Waals surface area contributed by atoms with E-state index in [2.05, 4.69) is 20.4 Å². The van der Waals surface area contributed by atoms with E-state index in [9.17, 15) is 8.78 Å². The van der Waals surface area contributed by atoms with Gasteiger partial charge in [0.15, 0.2) is 11.6 Å². The van der Waals surface area contributed by atoms with Crippen LogP contribution in [0.25, 0.3) is 11.3 Å². The standard InChI is InChI=1S/C16H13F2N5O2.C2H6/c17-14(18)10-3-1-9(2-4-10)13-8-21-16(25-13)22-11-5-6-12(20-7-11)15(19)23-24;1-2/h1-8,14,24H,(H2,19,23)(H,21,22);1-2H3. The summed E-state index contributed by atoms with van der Waals surface area (Å²) < 4.78 is 30.7. The number of nitrogens with zero attached hydrogens (tertiary/aromatic N) is 3. The Morgan fingerprint density at radius 2 is 1.81 bits per heavy atom. The van der Waals surface area contributed by atoms with Crippen LogP contribution in [0.2, 0.25) is 0 Å². The summed E-state index contributed by atoms with van der Waals surface area (Å²) in [5.41, 5.74) is 6.91. The van der Waals surface area contributed by atoms with E-state index in [1.54, 1.807) is 24.3 Å². The quantitative estimate of drug-likeness (QED) is 0.261. The molecule has 0 aliphatic carbocycles. The van der Waals surface area contributed by atoms with Crippen molar-refractivity contribution >= 4 is 17.5 Å². The van der Waals surface area contributed by atoms with E-state index >= 15 is 0 Å². The van der Waals surface area contributed by atoms with Crippen molar-refractivity contribution < 1.29 is 18.4 Å². The van der Waals surface area contributed by atoms with Crippen molar-refractivity contribution in [2.45, 2.75) is 20.3 Å². The Labute approximate surface area is 154 Å². The summed E-state index contributed by atoms with van der Waals surface area (Å²) in [7, 11) is 0. The maximum Gasteiger partial charge on any atom is 0.299 e. The van der Waals surface area contributed by atoms with Gasteiger partial charge in [0.2, 0.25) is 0 Å². The summed E-state index contributed by atoms with van der Waals surface area (Å²) in [4.78, 5) is 8.09. The second-order valence-corrected chi connectivity index (χ2v) is 4.99. The van der Waals surface area contributed by atoms with Crippen LogP contribution in [-0.2, 0) is 0 Å². The number of nitrogens with one attached hydrogen (secondary N) is 1. The number of hydrogen-bond donors (Lipinski definition) is 3. The molecule has 0 amide bonds. The lowest BCUT2D eigenvalue weighted by Crippen LogP contribution is -2.14. The van der Waals surface area contributed by atoms with Gasteiger partial charge in [-0.25, -0.2) is 13.8 Å². The number of nitrogens with two attached hydrogens (primary N) is 1. The van der Waals surface area contributed by atoms with Crippen LogP contribution in [0.3, 0.4) is 0 Å². The summed E-state index contributed by atoms with van der Waals surface area (Å²) in [6, 6.07) is 9.19. The lowest BCUT2D eigenvalue weighted by Gasteiger charge is -2.03. The van der Waals surface area contributed by atoms with Gasteiger partial charge in [-0.05, 0) is 12.1 Å². The zero-order valence-electron chi connectivity index (χ0n) is 14.7. The van der Waals surface area contributed by atoms with Crippen molar-refractivity contribution in [2.24, 2.45) is 10.9 Å². The number of aromatic nitrogens is 2. The van der Waals surface area contributed by atoms with Crippen molar-refractivity contribution in [1.29, 1.82) is 0 Å². The predicted octanol–water partition coefficient (Wildman–Crippen LogP) is 4.54. The van der Waals surface area contributed by atoms with Gasteiger partial charge in [0.25, 0.3) is 12.4 Å². The molecule has 0 atom stereocenters. The van der Waals surface area contributed by atoms with E-state index in [1.165, 1.54) is 24.5 Å². The number of oxazole rings is 1. The second kappa shape index (κ2) is 9.27. The molecule has 2 aromatic heterocycles. The minimum Gasteiger partial charge on any atom is -0.423 e. The Morgan fingerprint density at radius 1 is 1.11 bits per heavy atom. The van der Waals surface area contributed by atoms with E-state index in [4.69, 9.17) is 15.4 Å². The van der Waals surface area contributed by atoms with Crippen LogP contribution >= 0.6 is 0 Å². The van der Waals surface area contributed by atoms with Crippen molar-refractivity contribution in [3.63, 3.8) is 0 Å². The van der Waals surface area contributed by atoms with Gasteiger partial charge in [0.05, 0.1) is 18.1 Å². The van der Waals surface area contributed by atoms with Crippen LogP contribution in [-0.4, -0.2) is 21.0 Å². The molecule has 0 spiro atoms. The number of oxime groups is 1. The zero-order valence-corrected chi connectivity index (χ0v) is 14.7. The van der Waals surface area contributed by atoms with Gasteiger partial charge in [-0.15, -0.1) is 0 Å².